The third-order valence-corrected chi connectivity index (χ3v) is 4.62. The number of nitrogens with zero attached hydrogens (tertiary/aromatic N) is 2. The van der Waals surface area contributed by atoms with Crippen molar-refractivity contribution in [3.8, 4) is 0 Å². The number of rotatable bonds is 1. The van der Waals surface area contributed by atoms with Crippen LogP contribution in [-0.2, 0) is 16.0 Å². The highest BCUT2D eigenvalue weighted by Gasteiger charge is 2.36. The lowest BCUT2D eigenvalue weighted by Gasteiger charge is -2.39. The molecule has 2 amide bonds. The number of carbonyl (C=O) groups is 2. The molecule has 4 heteroatoms. The van der Waals surface area contributed by atoms with Crippen molar-refractivity contribution in [2.75, 3.05) is 18.0 Å². The summed E-state index contributed by atoms with van der Waals surface area (Å²) < 4.78 is 0. The van der Waals surface area contributed by atoms with Gasteiger partial charge in [-0.15, -0.1) is 0 Å². The van der Waals surface area contributed by atoms with E-state index in [1.54, 1.807) is 0 Å². The van der Waals surface area contributed by atoms with Crippen molar-refractivity contribution in [3.63, 3.8) is 0 Å². The Morgan fingerprint density at radius 1 is 1.14 bits per heavy atom. The molecule has 1 fully saturated rings. The van der Waals surface area contributed by atoms with Gasteiger partial charge in [-0.25, -0.2) is 0 Å². The normalized spacial score (nSPS) is 19.5. The highest BCUT2D eigenvalue weighted by atomic mass is 16.2. The Bertz CT molecular complexity index is 595. The Morgan fingerprint density at radius 2 is 1.77 bits per heavy atom. The van der Waals surface area contributed by atoms with Crippen molar-refractivity contribution in [3.05, 3.63) is 29.8 Å². The van der Waals surface area contributed by atoms with Crippen LogP contribution in [0.15, 0.2) is 24.3 Å². The van der Waals surface area contributed by atoms with Crippen LogP contribution < -0.4 is 4.90 Å². The molecule has 22 heavy (non-hydrogen) atoms. The van der Waals surface area contributed by atoms with Gasteiger partial charge in [0, 0.05) is 30.2 Å². The predicted molar refractivity (Wildman–Crippen MR) is 86.7 cm³/mol. The molecule has 2 heterocycles. The molecule has 0 unspecified atom stereocenters. The van der Waals surface area contributed by atoms with Crippen LogP contribution in [0.5, 0.6) is 0 Å². The second kappa shape index (κ2) is 5.41. The van der Waals surface area contributed by atoms with Crippen LogP contribution in [0.25, 0.3) is 0 Å². The zero-order chi connectivity index (χ0) is 15.9. The van der Waals surface area contributed by atoms with Gasteiger partial charge in [0.05, 0.1) is 6.42 Å². The fourth-order valence-electron chi connectivity index (χ4n) is 3.48. The SMILES string of the molecule is CC(C)(C)C(=O)N1CCC(N2C(=O)Cc3ccccc32)CC1. The Morgan fingerprint density at radius 3 is 2.41 bits per heavy atom. The summed E-state index contributed by atoms with van der Waals surface area (Å²) in [6.07, 6.45) is 2.24. The molecule has 0 aliphatic carbocycles. The molecule has 4 nitrogen and oxygen atoms in total. The van der Waals surface area contributed by atoms with E-state index < -0.39 is 0 Å². The largest absolute Gasteiger partial charge is 0.342 e. The molecule has 0 spiro atoms. The van der Waals surface area contributed by atoms with E-state index in [4.69, 9.17) is 0 Å². The van der Waals surface area contributed by atoms with Gasteiger partial charge in [-0.3, -0.25) is 9.59 Å². The smallest absolute Gasteiger partial charge is 0.231 e. The summed E-state index contributed by atoms with van der Waals surface area (Å²) in [5.41, 5.74) is 1.86. The zero-order valence-electron chi connectivity index (χ0n) is 13.6. The number of piperidine rings is 1. The van der Waals surface area contributed by atoms with Gasteiger partial charge in [-0.2, -0.15) is 0 Å². The maximum atomic E-state index is 12.4. The van der Waals surface area contributed by atoms with Gasteiger partial charge in [0.25, 0.3) is 0 Å². The summed E-state index contributed by atoms with van der Waals surface area (Å²) in [6.45, 7) is 7.37. The quantitative estimate of drug-likeness (QED) is 0.800. The fourth-order valence-corrected chi connectivity index (χ4v) is 3.48. The number of benzene rings is 1. The number of likely N-dealkylation sites (tertiary alicyclic amines) is 1. The van der Waals surface area contributed by atoms with Crippen LogP contribution in [0.4, 0.5) is 5.69 Å². The average molecular weight is 300 g/mol. The van der Waals surface area contributed by atoms with E-state index in [0.29, 0.717) is 6.42 Å². The first-order valence-electron chi connectivity index (χ1n) is 8.07. The first-order valence-corrected chi connectivity index (χ1v) is 8.07. The van der Waals surface area contributed by atoms with Gasteiger partial charge in [-0.1, -0.05) is 39.0 Å². The average Bonchev–Trinajstić information content (AvgIpc) is 2.81. The van der Waals surface area contributed by atoms with Crippen molar-refractivity contribution in [2.45, 2.75) is 46.1 Å². The predicted octanol–water partition coefficient (Wildman–Crippen LogP) is 2.61. The summed E-state index contributed by atoms with van der Waals surface area (Å²) >= 11 is 0. The molecule has 2 aliphatic heterocycles. The maximum Gasteiger partial charge on any atom is 0.231 e. The second-order valence-electron chi connectivity index (χ2n) is 7.34. The van der Waals surface area contributed by atoms with E-state index in [0.717, 1.165) is 37.2 Å². The van der Waals surface area contributed by atoms with E-state index >= 15 is 0 Å². The molecule has 0 radical (unpaired) electrons. The van der Waals surface area contributed by atoms with Crippen molar-refractivity contribution >= 4 is 17.5 Å². The molecule has 0 saturated carbocycles. The molecule has 118 valence electrons. The van der Waals surface area contributed by atoms with Crippen LogP contribution >= 0.6 is 0 Å². The minimum atomic E-state index is -0.330. The van der Waals surface area contributed by atoms with Crippen molar-refractivity contribution < 1.29 is 9.59 Å². The Kier molecular flexibility index (Phi) is 3.71. The van der Waals surface area contributed by atoms with E-state index in [2.05, 4.69) is 0 Å². The van der Waals surface area contributed by atoms with Crippen LogP contribution in [0, 0.1) is 5.41 Å². The molecule has 0 aromatic heterocycles. The van der Waals surface area contributed by atoms with E-state index in [1.807, 2.05) is 54.8 Å². The molecular formula is C18H24N2O2. The van der Waals surface area contributed by atoms with E-state index in [-0.39, 0.29) is 23.3 Å². The molecule has 0 N–H and O–H groups in total. The lowest BCUT2D eigenvalue weighted by atomic mass is 9.92. The lowest BCUT2D eigenvalue weighted by molar-refractivity contribution is -0.140. The Hall–Kier alpha value is -1.84. The third kappa shape index (κ3) is 2.62. The van der Waals surface area contributed by atoms with Crippen LogP contribution in [0.2, 0.25) is 0 Å². The summed E-state index contributed by atoms with van der Waals surface area (Å²) in [7, 11) is 0. The monoisotopic (exact) mass is 300 g/mol. The molecule has 0 bridgehead atoms. The number of hydrogen-bond donors (Lipinski definition) is 0. The molecule has 2 aliphatic rings. The number of carbonyl (C=O) groups excluding carboxylic acids is 2. The summed E-state index contributed by atoms with van der Waals surface area (Å²) in [5.74, 6) is 0.404. The van der Waals surface area contributed by atoms with Gasteiger partial charge < -0.3 is 9.80 Å². The number of para-hydroxylation sites is 1. The standard InChI is InChI=1S/C18H24N2O2/c1-18(2,3)17(22)19-10-8-14(9-11-19)20-15-7-5-4-6-13(15)12-16(20)21/h4-7,14H,8-12H2,1-3H3. The highest BCUT2D eigenvalue weighted by Crippen LogP contribution is 2.33. The molecule has 0 atom stereocenters. The zero-order valence-corrected chi connectivity index (χ0v) is 13.6. The highest BCUT2D eigenvalue weighted by molar-refractivity contribution is 6.01. The molecule has 1 aromatic rings. The van der Waals surface area contributed by atoms with Crippen LogP contribution in [-0.4, -0.2) is 35.8 Å². The molecule has 1 aromatic carbocycles. The van der Waals surface area contributed by atoms with Crippen molar-refractivity contribution in [1.82, 2.24) is 4.90 Å². The fraction of sp³-hybridized carbons (Fsp3) is 0.556. The number of hydrogen-bond acceptors (Lipinski definition) is 2. The van der Waals surface area contributed by atoms with Gasteiger partial charge in [0.15, 0.2) is 0 Å². The second-order valence-corrected chi connectivity index (χ2v) is 7.34. The topological polar surface area (TPSA) is 40.6 Å². The minimum absolute atomic E-state index is 0.196. The first-order chi connectivity index (χ1) is 10.4. The van der Waals surface area contributed by atoms with Crippen LogP contribution in [0.3, 0.4) is 0 Å². The van der Waals surface area contributed by atoms with Crippen molar-refractivity contribution in [2.24, 2.45) is 5.41 Å². The van der Waals surface area contributed by atoms with Gasteiger partial charge >= 0.3 is 0 Å². The minimum Gasteiger partial charge on any atom is -0.342 e. The Balaban J connectivity index is 1.70. The van der Waals surface area contributed by atoms with Gasteiger partial charge in [-0.05, 0) is 24.5 Å². The number of amides is 2. The van der Waals surface area contributed by atoms with Gasteiger partial charge in [0.2, 0.25) is 11.8 Å². The van der Waals surface area contributed by atoms with Crippen molar-refractivity contribution in [1.29, 1.82) is 0 Å². The van der Waals surface area contributed by atoms with Crippen LogP contribution in [0.1, 0.15) is 39.2 Å². The van der Waals surface area contributed by atoms with E-state index in [9.17, 15) is 9.59 Å². The third-order valence-electron chi connectivity index (χ3n) is 4.62. The molecule has 3 rings (SSSR count). The summed E-state index contributed by atoms with van der Waals surface area (Å²) in [4.78, 5) is 28.6. The Labute approximate surface area is 132 Å². The maximum absolute atomic E-state index is 12.4. The number of fused-ring (bicyclic) bond motifs is 1. The number of anilines is 1. The molecule has 1 saturated heterocycles. The summed E-state index contributed by atoms with van der Waals surface area (Å²) in [5, 5.41) is 0. The molecular weight excluding hydrogens is 276 g/mol. The van der Waals surface area contributed by atoms with E-state index in [1.165, 1.54) is 0 Å². The summed E-state index contributed by atoms with van der Waals surface area (Å²) in [6, 6.07) is 8.27. The first kappa shape index (κ1) is 15.1. The van der Waals surface area contributed by atoms with Gasteiger partial charge in [0.1, 0.15) is 0 Å². The lowest BCUT2D eigenvalue weighted by Crippen LogP contribution is -2.50.